The first-order valence-electron chi connectivity index (χ1n) is 12.4. The molecule has 0 aliphatic heterocycles. The van der Waals surface area contributed by atoms with Crippen molar-refractivity contribution >= 4 is 21.5 Å². The molecule has 0 amide bonds. The van der Waals surface area contributed by atoms with E-state index in [1.807, 2.05) is 0 Å². The minimum Gasteiger partial charge on any atom is -0.0622 e. The highest BCUT2D eigenvalue weighted by Gasteiger charge is 2.16. The summed E-state index contributed by atoms with van der Waals surface area (Å²) in [5, 5.41) is 5.17. The first-order valence-corrected chi connectivity index (χ1v) is 12.4. The van der Waals surface area contributed by atoms with Gasteiger partial charge in [0.15, 0.2) is 0 Å². The van der Waals surface area contributed by atoms with E-state index in [2.05, 4.69) is 141 Å². The number of hydrogen-bond donors (Lipinski definition) is 0. The summed E-state index contributed by atoms with van der Waals surface area (Å²) in [5.74, 6) is 0.548. The fourth-order valence-electron chi connectivity index (χ4n) is 5.25. The third-order valence-corrected chi connectivity index (χ3v) is 7.08. The molecule has 6 aromatic carbocycles. The number of fused-ring (bicyclic) bond motifs is 2. The zero-order valence-corrected chi connectivity index (χ0v) is 20.2. The standard InChI is InChI=1S/C35H28/c1-24(2)25-16-18-26(19-17-25)27-20-22-29(23-21-27)35-32-14-8-6-12-30(32)34(28-10-4-3-5-11-28)31-13-7-9-15-33(31)35/h3-24H,1-2H3. The van der Waals surface area contributed by atoms with E-state index >= 15 is 0 Å². The van der Waals surface area contributed by atoms with Crippen molar-refractivity contribution in [3.63, 3.8) is 0 Å². The largest absolute Gasteiger partial charge is 0.0622 e. The molecule has 6 rings (SSSR count). The second-order valence-corrected chi connectivity index (χ2v) is 9.56. The van der Waals surface area contributed by atoms with Crippen LogP contribution in [0.25, 0.3) is 54.9 Å². The molecule has 0 heteroatoms. The molecule has 6 aromatic rings. The fraction of sp³-hybridized carbons (Fsp3) is 0.0857. The lowest BCUT2D eigenvalue weighted by atomic mass is 9.85. The molecule has 0 aromatic heterocycles. The van der Waals surface area contributed by atoms with Gasteiger partial charge in [-0.2, -0.15) is 0 Å². The molecule has 0 aliphatic carbocycles. The minimum atomic E-state index is 0.548. The van der Waals surface area contributed by atoms with Gasteiger partial charge in [-0.3, -0.25) is 0 Å². The number of hydrogen-bond acceptors (Lipinski definition) is 0. The summed E-state index contributed by atoms with van der Waals surface area (Å²) in [6.45, 7) is 4.48. The predicted octanol–water partition coefficient (Wildman–Crippen LogP) is 10.1. The van der Waals surface area contributed by atoms with Crippen LogP contribution in [0.3, 0.4) is 0 Å². The van der Waals surface area contributed by atoms with E-state index in [9.17, 15) is 0 Å². The van der Waals surface area contributed by atoms with Gasteiger partial charge in [-0.05, 0) is 66.4 Å². The van der Waals surface area contributed by atoms with Gasteiger partial charge in [0.05, 0.1) is 0 Å². The van der Waals surface area contributed by atoms with Gasteiger partial charge in [0.1, 0.15) is 0 Å². The summed E-state index contributed by atoms with van der Waals surface area (Å²) in [6, 6.07) is 46.5. The Morgan fingerprint density at radius 2 is 0.686 bits per heavy atom. The molecule has 0 saturated heterocycles. The molecule has 0 spiro atoms. The molecule has 0 atom stereocenters. The molecule has 0 nitrogen and oxygen atoms in total. The van der Waals surface area contributed by atoms with E-state index in [1.54, 1.807) is 0 Å². The molecular formula is C35H28. The average Bonchev–Trinajstić information content (AvgIpc) is 2.92. The van der Waals surface area contributed by atoms with Gasteiger partial charge in [-0.15, -0.1) is 0 Å². The Kier molecular flexibility index (Phi) is 5.43. The van der Waals surface area contributed by atoms with Crippen molar-refractivity contribution in [1.82, 2.24) is 0 Å². The summed E-state index contributed by atoms with van der Waals surface area (Å²) in [6.07, 6.45) is 0. The van der Waals surface area contributed by atoms with Crippen molar-refractivity contribution in [2.75, 3.05) is 0 Å². The van der Waals surface area contributed by atoms with Gasteiger partial charge in [0.2, 0.25) is 0 Å². The molecule has 0 fully saturated rings. The molecule has 0 N–H and O–H groups in total. The van der Waals surface area contributed by atoms with E-state index in [1.165, 1.54) is 60.5 Å². The molecule has 0 unspecified atom stereocenters. The van der Waals surface area contributed by atoms with Crippen molar-refractivity contribution in [3.8, 4) is 33.4 Å². The highest BCUT2D eigenvalue weighted by Crippen LogP contribution is 2.43. The van der Waals surface area contributed by atoms with Crippen molar-refractivity contribution in [3.05, 3.63) is 133 Å². The van der Waals surface area contributed by atoms with Crippen molar-refractivity contribution < 1.29 is 0 Å². The highest BCUT2D eigenvalue weighted by molar-refractivity contribution is 6.21. The van der Waals surface area contributed by atoms with Crippen LogP contribution in [-0.4, -0.2) is 0 Å². The van der Waals surface area contributed by atoms with Crippen LogP contribution in [0.15, 0.2) is 127 Å². The molecule has 0 saturated carbocycles. The quantitative estimate of drug-likeness (QED) is 0.235. The number of rotatable bonds is 4. The second kappa shape index (κ2) is 8.89. The summed E-state index contributed by atoms with van der Waals surface area (Å²) in [4.78, 5) is 0. The van der Waals surface area contributed by atoms with Crippen LogP contribution in [0.1, 0.15) is 25.3 Å². The van der Waals surface area contributed by atoms with Crippen LogP contribution in [0.2, 0.25) is 0 Å². The highest BCUT2D eigenvalue weighted by atomic mass is 14.2. The smallest absolute Gasteiger partial charge is 0.00264 e. The van der Waals surface area contributed by atoms with Crippen LogP contribution in [0.4, 0.5) is 0 Å². The van der Waals surface area contributed by atoms with Gasteiger partial charge in [0.25, 0.3) is 0 Å². The van der Waals surface area contributed by atoms with Crippen LogP contribution in [0, 0.1) is 0 Å². The van der Waals surface area contributed by atoms with Gasteiger partial charge < -0.3 is 0 Å². The predicted molar refractivity (Wildman–Crippen MR) is 152 cm³/mol. The second-order valence-electron chi connectivity index (χ2n) is 9.56. The Bertz CT molecular complexity index is 1560. The van der Waals surface area contributed by atoms with E-state index in [4.69, 9.17) is 0 Å². The molecule has 0 radical (unpaired) electrons. The monoisotopic (exact) mass is 448 g/mol. The van der Waals surface area contributed by atoms with Crippen LogP contribution in [0.5, 0.6) is 0 Å². The minimum absolute atomic E-state index is 0.548. The van der Waals surface area contributed by atoms with Crippen LogP contribution < -0.4 is 0 Å². The van der Waals surface area contributed by atoms with Crippen LogP contribution in [-0.2, 0) is 0 Å². The van der Waals surface area contributed by atoms with E-state index in [-0.39, 0.29) is 0 Å². The lowest BCUT2D eigenvalue weighted by Gasteiger charge is -2.18. The summed E-state index contributed by atoms with van der Waals surface area (Å²) < 4.78 is 0. The Morgan fingerprint density at radius 3 is 1.11 bits per heavy atom. The SMILES string of the molecule is CC(C)c1ccc(-c2ccc(-c3c4ccccc4c(-c4ccccc4)c4ccccc34)cc2)cc1. The Morgan fingerprint density at radius 1 is 0.343 bits per heavy atom. The van der Waals surface area contributed by atoms with Crippen molar-refractivity contribution in [2.24, 2.45) is 0 Å². The van der Waals surface area contributed by atoms with Crippen LogP contribution >= 0.6 is 0 Å². The average molecular weight is 449 g/mol. The molecule has 0 bridgehead atoms. The van der Waals surface area contributed by atoms with Gasteiger partial charge in [0, 0.05) is 0 Å². The Labute approximate surface area is 207 Å². The first kappa shape index (κ1) is 21.4. The van der Waals surface area contributed by atoms with E-state index < -0.39 is 0 Å². The van der Waals surface area contributed by atoms with Crippen molar-refractivity contribution in [2.45, 2.75) is 19.8 Å². The third kappa shape index (κ3) is 3.82. The third-order valence-electron chi connectivity index (χ3n) is 7.08. The first-order chi connectivity index (χ1) is 17.2. The zero-order valence-electron chi connectivity index (χ0n) is 20.2. The van der Waals surface area contributed by atoms with E-state index in [0.717, 1.165) is 0 Å². The summed E-state index contributed by atoms with van der Waals surface area (Å²) in [5.41, 5.74) is 9.00. The molecule has 0 aliphatic rings. The van der Waals surface area contributed by atoms with Gasteiger partial charge in [-0.1, -0.05) is 141 Å². The Hall–Kier alpha value is -4.16. The summed E-state index contributed by atoms with van der Waals surface area (Å²) in [7, 11) is 0. The maximum atomic E-state index is 2.28. The number of benzene rings is 6. The lowest BCUT2D eigenvalue weighted by molar-refractivity contribution is 0.867. The van der Waals surface area contributed by atoms with Gasteiger partial charge in [-0.25, -0.2) is 0 Å². The topological polar surface area (TPSA) is 0 Å². The molecule has 168 valence electrons. The fourth-order valence-corrected chi connectivity index (χ4v) is 5.25. The maximum absolute atomic E-state index is 2.28. The summed E-state index contributed by atoms with van der Waals surface area (Å²) >= 11 is 0. The Balaban J connectivity index is 1.55. The zero-order chi connectivity index (χ0) is 23.8. The van der Waals surface area contributed by atoms with Crippen molar-refractivity contribution in [1.29, 1.82) is 0 Å². The molecule has 0 heterocycles. The molecule has 35 heavy (non-hydrogen) atoms. The normalized spacial score (nSPS) is 11.4. The molecular weight excluding hydrogens is 420 g/mol. The lowest BCUT2D eigenvalue weighted by Crippen LogP contribution is -1.91. The van der Waals surface area contributed by atoms with Gasteiger partial charge >= 0.3 is 0 Å². The maximum Gasteiger partial charge on any atom is -0.00264 e. The van der Waals surface area contributed by atoms with E-state index in [0.29, 0.717) is 5.92 Å².